The minimum Gasteiger partial charge on any atom is -0.309 e. The summed E-state index contributed by atoms with van der Waals surface area (Å²) in [4.78, 5) is 15.6. The van der Waals surface area contributed by atoms with Gasteiger partial charge in [0.25, 0.3) is 0 Å². The van der Waals surface area contributed by atoms with E-state index >= 15 is 0 Å². The van der Waals surface area contributed by atoms with Crippen LogP contribution in [0.4, 0.5) is 0 Å². The second-order valence-corrected chi connectivity index (χ2v) is 16.4. The van der Waals surface area contributed by atoms with Crippen LogP contribution >= 0.6 is 0 Å². The van der Waals surface area contributed by atoms with Gasteiger partial charge in [0.05, 0.1) is 27.8 Å². The van der Waals surface area contributed by atoms with Gasteiger partial charge >= 0.3 is 0 Å². The summed E-state index contributed by atoms with van der Waals surface area (Å²) >= 11 is 0. The third-order valence-corrected chi connectivity index (χ3v) is 12.7. The van der Waals surface area contributed by atoms with Gasteiger partial charge in [0, 0.05) is 54.7 Å². The average Bonchev–Trinajstić information content (AvgIpc) is 3.88. The highest BCUT2D eigenvalue weighted by Crippen LogP contribution is 2.43. The van der Waals surface area contributed by atoms with Crippen LogP contribution in [0.1, 0.15) is 0 Å². The summed E-state index contributed by atoms with van der Waals surface area (Å²) in [6.45, 7) is 0. The maximum absolute atomic E-state index is 5.26. The molecule has 64 heavy (non-hydrogen) atoms. The van der Waals surface area contributed by atoms with Crippen molar-refractivity contribution in [3.63, 3.8) is 0 Å². The molecule has 5 nitrogen and oxygen atoms in total. The number of hydrogen-bond acceptors (Lipinski definition) is 3. The Bertz CT molecular complexity index is 3930. The standard InChI is InChI=1S/C59H37N5/c1-4-16-38(17-5-1)39-28-30-42(31-29-39)58-60-57(41-19-6-2-7-20-41)61-59(62-58)44-34-43-21-11-12-24-46(43)53(35-44)64-52-27-15-14-26-48(52)50-36-51-49-33-32-40-18-10-13-25-47(40)56(49)63(54(51)37-55(50)64)45-22-8-3-9-23-45/h1-37H. The second kappa shape index (κ2) is 14.5. The maximum Gasteiger partial charge on any atom is 0.164 e. The summed E-state index contributed by atoms with van der Waals surface area (Å²) in [7, 11) is 0. The van der Waals surface area contributed by atoms with Crippen molar-refractivity contribution in [3.8, 4) is 56.7 Å². The predicted octanol–water partition coefficient (Wildman–Crippen LogP) is 15.0. The number of hydrogen-bond donors (Lipinski definition) is 0. The van der Waals surface area contributed by atoms with Gasteiger partial charge in [-0.2, -0.15) is 0 Å². The van der Waals surface area contributed by atoms with Gasteiger partial charge in [0.15, 0.2) is 17.5 Å². The van der Waals surface area contributed by atoms with Crippen LogP contribution in [-0.2, 0) is 0 Å². The topological polar surface area (TPSA) is 48.5 Å². The molecule has 0 saturated heterocycles. The van der Waals surface area contributed by atoms with E-state index in [-0.39, 0.29) is 0 Å². The minimum atomic E-state index is 0.613. The van der Waals surface area contributed by atoms with Gasteiger partial charge in [-0.25, -0.2) is 15.0 Å². The first-order valence-electron chi connectivity index (χ1n) is 21.7. The lowest BCUT2D eigenvalue weighted by molar-refractivity contribution is 1.07. The Labute approximate surface area is 368 Å². The summed E-state index contributed by atoms with van der Waals surface area (Å²) in [5.41, 5.74) is 11.9. The van der Waals surface area contributed by atoms with E-state index in [4.69, 9.17) is 15.0 Å². The fourth-order valence-electron chi connectivity index (χ4n) is 9.74. The van der Waals surface area contributed by atoms with Crippen molar-refractivity contribution >= 4 is 65.2 Å². The Kier molecular flexibility index (Phi) is 8.15. The molecular weight excluding hydrogens is 779 g/mol. The summed E-state index contributed by atoms with van der Waals surface area (Å²) in [5.74, 6) is 1.86. The van der Waals surface area contributed by atoms with E-state index in [9.17, 15) is 0 Å². The van der Waals surface area contributed by atoms with Gasteiger partial charge in [-0.1, -0.05) is 182 Å². The van der Waals surface area contributed by atoms with Crippen LogP contribution in [-0.4, -0.2) is 24.1 Å². The van der Waals surface area contributed by atoms with Crippen LogP contribution in [0.2, 0.25) is 0 Å². The third-order valence-electron chi connectivity index (χ3n) is 12.7. The Morgan fingerprint density at radius 3 is 1.52 bits per heavy atom. The zero-order valence-electron chi connectivity index (χ0n) is 34.6. The van der Waals surface area contributed by atoms with E-state index in [2.05, 4.69) is 209 Å². The fraction of sp³-hybridized carbons (Fsp3) is 0. The van der Waals surface area contributed by atoms with Gasteiger partial charge in [-0.05, 0) is 64.4 Å². The first kappa shape index (κ1) is 36.0. The Morgan fingerprint density at radius 1 is 0.266 bits per heavy atom. The van der Waals surface area contributed by atoms with Crippen molar-refractivity contribution < 1.29 is 0 Å². The predicted molar refractivity (Wildman–Crippen MR) is 265 cm³/mol. The summed E-state index contributed by atoms with van der Waals surface area (Å²) in [6.07, 6.45) is 0. The number of rotatable bonds is 6. The molecule has 0 spiro atoms. The molecule has 0 fully saturated rings. The molecule has 0 saturated carbocycles. The molecule has 0 N–H and O–H groups in total. The molecule has 0 aliphatic rings. The molecule has 5 heteroatoms. The van der Waals surface area contributed by atoms with Gasteiger partial charge in [-0.3, -0.25) is 0 Å². The minimum absolute atomic E-state index is 0.613. The molecule has 0 atom stereocenters. The van der Waals surface area contributed by atoms with E-state index in [1.807, 2.05) is 24.3 Å². The highest BCUT2D eigenvalue weighted by atomic mass is 15.0. The number of para-hydroxylation sites is 2. The van der Waals surface area contributed by atoms with Crippen molar-refractivity contribution in [2.75, 3.05) is 0 Å². The van der Waals surface area contributed by atoms with Gasteiger partial charge in [0.2, 0.25) is 0 Å². The SMILES string of the molecule is c1ccc(-c2ccc(-c3nc(-c4ccccc4)nc(-c4cc(-n5c6ccccc6c6cc7c8ccc9ccccc9c8n(-c8ccccc8)c7cc65)c5ccccc5c4)n3)cc2)cc1. The number of benzene rings is 10. The molecule has 0 amide bonds. The van der Waals surface area contributed by atoms with Crippen LogP contribution in [0.15, 0.2) is 224 Å². The van der Waals surface area contributed by atoms with Crippen LogP contribution < -0.4 is 0 Å². The van der Waals surface area contributed by atoms with Crippen molar-refractivity contribution in [1.29, 1.82) is 0 Å². The van der Waals surface area contributed by atoms with Crippen molar-refractivity contribution in [2.45, 2.75) is 0 Å². The maximum atomic E-state index is 5.26. The van der Waals surface area contributed by atoms with Gasteiger partial charge < -0.3 is 9.13 Å². The Balaban J connectivity index is 1.08. The first-order valence-corrected chi connectivity index (χ1v) is 21.7. The lowest BCUT2D eigenvalue weighted by Gasteiger charge is -2.15. The van der Waals surface area contributed by atoms with Crippen LogP contribution in [0.25, 0.3) is 122 Å². The zero-order valence-corrected chi connectivity index (χ0v) is 34.6. The zero-order chi connectivity index (χ0) is 42.1. The summed E-state index contributed by atoms with van der Waals surface area (Å²) in [5, 5.41) is 9.54. The van der Waals surface area contributed by atoms with E-state index < -0.39 is 0 Å². The molecule has 3 heterocycles. The average molecular weight is 816 g/mol. The smallest absolute Gasteiger partial charge is 0.164 e. The van der Waals surface area contributed by atoms with Gasteiger partial charge in [0.1, 0.15) is 0 Å². The molecule has 0 bridgehead atoms. The molecular formula is C59H37N5. The number of fused-ring (bicyclic) bond motifs is 9. The highest BCUT2D eigenvalue weighted by molar-refractivity contribution is 6.23. The Morgan fingerprint density at radius 2 is 0.781 bits per heavy atom. The lowest BCUT2D eigenvalue weighted by atomic mass is 10.0. The van der Waals surface area contributed by atoms with Crippen molar-refractivity contribution in [3.05, 3.63) is 224 Å². The molecule has 3 aromatic heterocycles. The molecule has 0 aliphatic carbocycles. The third kappa shape index (κ3) is 5.75. The van der Waals surface area contributed by atoms with Crippen molar-refractivity contribution in [2.24, 2.45) is 0 Å². The monoisotopic (exact) mass is 815 g/mol. The quantitative estimate of drug-likeness (QED) is 0.168. The largest absolute Gasteiger partial charge is 0.309 e. The number of nitrogens with zero attached hydrogens (tertiary/aromatic N) is 5. The highest BCUT2D eigenvalue weighted by Gasteiger charge is 2.22. The van der Waals surface area contributed by atoms with E-state index in [1.165, 1.54) is 43.4 Å². The molecule has 0 unspecified atom stereocenters. The van der Waals surface area contributed by atoms with E-state index in [0.717, 1.165) is 61.0 Å². The second-order valence-electron chi connectivity index (χ2n) is 16.4. The van der Waals surface area contributed by atoms with E-state index in [1.54, 1.807) is 0 Å². The lowest BCUT2D eigenvalue weighted by Crippen LogP contribution is -2.02. The molecule has 0 aliphatic heterocycles. The molecule has 298 valence electrons. The fourth-order valence-corrected chi connectivity index (χ4v) is 9.74. The van der Waals surface area contributed by atoms with Crippen LogP contribution in [0.5, 0.6) is 0 Å². The number of aromatic nitrogens is 5. The Hall–Kier alpha value is -8.67. The van der Waals surface area contributed by atoms with Crippen LogP contribution in [0, 0.1) is 0 Å². The molecule has 0 radical (unpaired) electrons. The normalized spacial score (nSPS) is 11.8. The molecule has 13 rings (SSSR count). The van der Waals surface area contributed by atoms with Crippen molar-refractivity contribution in [1.82, 2.24) is 24.1 Å². The van der Waals surface area contributed by atoms with E-state index in [0.29, 0.717) is 17.5 Å². The summed E-state index contributed by atoms with van der Waals surface area (Å²) < 4.78 is 4.90. The van der Waals surface area contributed by atoms with Crippen LogP contribution in [0.3, 0.4) is 0 Å². The first-order chi connectivity index (χ1) is 31.7. The molecule has 10 aromatic carbocycles. The molecule has 13 aromatic rings. The summed E-state index contributed by atoms with van der Waals surface area (Å²) in [6, 6.07) is 79.9. The van der Waals surface area contributed by atoms with Gasteiger partial charge in [-0.15, -0.1) is 0 Å².